The van der Waals surface area contributed by atoms with E-state index in [1.54, 1.807) is 12.1 Å². The molecule has 1 heterocycles. The highest BCUT2D eigenvalue weighted by Crippen LogP contribution is 2.29. The fourth-order valence-corrected chi connectivity index (χ4v) is 5.34. The molecule has 168 valence electrons. The van der Waals surface area contributed by atoms with E-state index in [2.05, 4.69) is 34.5 Å². The van der Waals surface area contributed by atoms with Crippen molar-refractivity contribution < 1.29 is 17.9 Å². The third-order valence-electron chi connectivity index (χ3n) is 5.49. The number of rotatable bonds is 9. The Bertz CT molecular complexity index is 998. The number of nitrogens with zero attached hydrogens (tertiary/aromatic N) is 2. The van der Waals surface area contributed by atoms with Crippen molar-refractivity contribution in [3.8, 4) is 5.75 Å². The molecule has 1 aliphatic heterocycles. The number of hydrogen-bond donors (Lipinski definition) is 1. The molecule has 1 aliphatic rings. The van der Waals surface area contributed by atoms with Crippen molar-refractivity contribution in [1.29, 1.82) is 0 Å². The van der Waals surface area contributed by atoms with Crippen molar-refractivity contribution in [2.45, 2.75) is 30.6 Å². The molecule has 0 atom stereocenters. The molecule has 1 N–H and O–H groups in total. The Labute approximate surface area is 185 Å². The molecule has 0 aromatic heterocycles. The first kappa shape index (κ1) is 23.1. The van der Waals surface area contributed by atoms with Gasteiger partial charge in [-0.3, -0.25) is 4.79 Å². The van der Waals surface area contributed by atoms with Crippen LogP contribution in [-0.2, 0) is 16.4 Å². The summed E-state index contributed by atoms with van der Waals surface area (Å²) in [6, 6.07) is 12.9. The molecule has 0 spiro atoms. The van der Waals surface area contributed by atoms with E-state index in [0.717, 1.165) is 31.4 Å². The van der Waals surface area contributed by atoms with Crippen LogP contribution in [0.2, 0.25) is 0 Å². The van der Waals surface area contributed by atoms with Crippen molar-refractivity contribution in [3.05, 3.63) is 53.6 Å². The lowest BCUT2D eigenvalue weighted by molar-refractivity contribution is 0.0953. The van der Waals surface area contributed by atoms with E-state index in [-0.39, 0.29) is 16.6 Å². The van der Waals surface area contributed by atoms with Crippen LogP contribution in [-0.4, -0.2) is 59.5 Å². The van der Waals surface area contributed by atoms with Gasteiger partial charge in [0.2, 0.25) is 10.0 Å². The maximum Gasteiger partial charge on any atom is 0.251 e. The fourth-order valence-electron chi connectivity index (χ4n) is 3.64. The number of benzene rings is 2. The van der Waals surface area contributed by atoms with Gasteiger partial charge in [-0.15, -0.1) is 0 Å². The summed E-state index contributed by atoms with van der Waals surface area (Å²) in [5.74, 6) is -0.0342. The van der Waals surface area contributed by atoms with Crippen LogP contribution in [0.3, 0.4) is 0 Å². The molecule has 2 aromatic carbocycles. The van der Waals surface area contributed by atoms with Crippen molar-refractivity contribution in [3.63, 3.8) is 0 Å². The Morgan fingerprint density at radius 3 is 2.39 bits per heavy atom. The molecular weight excluding hydrogens is 414 g/mol. The zero-order valence-electron chi connectivity index (χ0n) is 18.4. The lowest BCUT2D eigenvalue weighted by Crippen LogP contribution is -2.29. The van der Waals surface area contributed by atoms with Crippen LogP contribution < -0.4 is 15.0 Å². The Hall–Kier alpha value is -2.58. The first-order chi connectivity index (χ1) is 14.8. The first-order valence-electron chi connectivity index (χ1n) is 10.6. The van der Waals surface area contributed by atoms with E-state index < -0.39 is 10.0 Å². The van der Waals surface area contributed by atoms with Crippen molar-refractivity contribution >= 4 is 21.6 Å². The summed E-state index contributed by atoms with van der Waals surface area (Å²) >= 11 is 0. The average Bonchev–Trinajstić information content (AvgIpc) is 3.32. The number of methoxy groups -OCH3 is 1. The van der Waals surface area contributed by atoms with Crippen molar-refractivity contribution in [1.82, 2.24) is 9.62 Å². The SMILES string of the molecule is COc1ccc(C(=O)NCCCc2ccc(N(C)C)cc2)cc1S(=O)(=O)N1CCCC1. The van der Waals surface area contributed by atoms with E-state index in [0.29, 0.717) is 25.2 Å². The van der Waals surface area contributed by atoms with Crippen LogP contribution in [0, 0.1) is 0 Å². The number of amides is 1. The number of ether oxygens (including phenoxy) is 1. The molecule has 7 nitrogen and oxygen atoms in total. The normalized spacial score (nSPS) is 14.4. The number of sulfonamides is 1. The van der Waals surface area contributed by atoms with E-state index in [9.17, 15) is 13.2 Å². The van der Waals surface area contributed by atoms with Gasteiger partial charge < -0.3 is 15.0 Å². The third-order valence-corrected chi connectivity index (χ3v) is 7.41. The van der Waals surface area contributed by atoms with Crippen LogP contribution in [0.15, 0.2) is 47.4 Å². The first-order valence-corrected chi connectivity index (χ1v) is 12.0. The quantitative estimate of drug-likeness (QED) is 0.601. The lowest BCUT2D eigenvalue weighted by Gasteiger charge is -2.18. The second kappa shape index (κ2) is 10.2. The van der Waals surface area contributed by atoms with Gasteiger partial charge in [0.1, 0.15) is 10.6 Å². The summed E-state index contributed by atoms with van der Waals surface area (Å²) in [4.78, 5) is 14.7. The highest BCUT2D eigenvalue weighted by molar-refractivity contribution is 7.89. The second-order valence-electron chi connectivity index (χ2n) is 7.90. The van der Waals surface area contributed by atoms with E-state index in [1.165, 1.54) is 23.0 Å². The van der Waals surface area contributed by atoms with Crippen LogP contribution in [0.1, 0.15) is 35.2 Å². The van der Waals surface area contributed by atoms with Crippen LogP contribution in [0.25, 0.3) is 0 Å². The highest BCUT2D eigenvalue weighted by Gasteiger charge is 2.30. The largest absolute Gasteiger partial charge is 0.495 e. The van der Waals surface area contributed by atoms with Crippen LogP contribution in [0.4, 0.5) is 5.69 Å². The molecule has 3 rings (SSSR count). The number of aryl methyl sites for hydroxylation is 1. The lowest BCUT2D eigenvalue weighted by atomic mass is 10.1. The van der Waals surface area contributed by atoms with Gasteiger partial charge in [0, 0.05) is 45.0 Å². The summed E-state index contributed by atoms with van der Waals surface area (Å²) in [5.41, 5.74) is 2.67. The molecule has 0 radical (unpaired) electrons. The molecule has 2 aromatic rings. The Balaban J connectivity index is 1.61. The van der Waals surface area contributed by atoms with Gasteiger partial charge in [0.05, 0.1) is 7.11 Å². The maximum atomic E-state index is 13.0. The van der Waals surface area contributed by atoms with Gasteiger partial charge in [-0.1, -0.05) is 12.1 Å². The van der Waals surface area contributed by atoms with Gasteiger partial charge in [-0.05, 0) is 61.6 Å². The monoisotopic (exact) mass is 445 g/mol. The van der Waals surface area contributed by atoms with Crippen molar-refractivity contribution in [2.75, 3.05) is 45.7 Å². The summed E-state index contributed by atoms with van der Waals surface area (Å²) in [7, 11) is 1.76. The Kier molecular flexibility index (Phi) is 7.56. The third kappa shape index (κ3) is 5.57. The van der Waals surface area contributed by atoms with E-state index in [4.69, 9.17) is 4.74 Å². The summed E-state index contributed by atoms with van der Waals surface area (Å²) < 4.78 is 32.7. The molecule has 1 amide bonds. The van der Waals surface area contributed by atoms with Gasteiger partial charge in [0.15, 0.2) is 0 Å². The Morgan fingerprint density at radius 1 is 1.10 bits per heavy atom. The molecule has 1 fully saturated rings. The minimum absolute atomic E-state index is 0.0468. The number of carbonyl (C=O) groups excluding carboxylic acids is 1. The fraction of sp³-hybridized carbons (Fsp3) is 0.435. The topological polar surface area (TPSA) is 79.0 Å². The zero-order chi connectivity index (χ0) is 22.4. The van der Waals surface area contributed by atoms with E-state index in [1.807, 2.05) is 14.1 Å². The molecule has 31 heavy (non-hydrogen) atoms. The summed E-state index contributed by atoms with van der Waals surface area (Å²) in [5, 5.41) is 2.89. The van der Waals surface area contributed by atoms with Crippen LogP contribution >= 0.6 is 0 Å². The minimum atomic E-state index is -3.68. The number of nitrogens with one attached hydrogen (secondary N) is 1. The zero-order valence-corrected chi connectivity index (χ0v) is 19.2. The minimum Gasteiger partial charge on any atom is -0.495 e. The highest BCUT2D eigenvalue weighted by atomic mass is 32.2. The molecule has 0 bridgehead atoms. The molecule has 1 saturated heterocycles. The number of anilines is 1. The van der Waals surface area contributed by atoms with Gasteiger partial charge in [-0.2, -0.15) is 4.31 Å². The predicted octanol–water partition coefficient (Wildman–Crippen LogP) is 2.91. The van der Waals surface area contributed by atoms with Gasteiger partial charge >= 0.3 is 0 Å². The van der Waals surface area contributed by atoms with Crippen LogP contribution in [0.5, 0.6) is 5.75 Å². The van der Waals surface area contributed by atoms with Crippen molar-refractivity contribution in [2.24, 2.45) is 0 Å². The van der Waals surface area contributed by atoms with Gasteiger partial charge in [0.25, 0.3) is 5.91 Å². The predicted molar refractivity (Wildman–Crippen MR) is 122 cm³/mol. The summed E-state index contributed by atoms with van der Waals surface area (Å²) in [6.07, 6.45) is 3.34. The average molecular weight is 446 g/mol. The van der Waals surface area contributed by atoms with Gasteiger partial charge in [-0.25, -0.2) is 8.42 Å². The molecule has 0 unspecified atom stereocenters. The number of hydrogen-bond acceptors (Lipinski definition) is 5. The standard InChI is InChI=1S/C23H31N3O4S/c1-25(2)20-11-8-18(9-12-20)7-6-14-24-23(27)19-10-13-21(30-3)22(17-19)31(28,29)26-15-4-5-16-26/h8-13,17H,4-7,14-16H2,1-3H3,(H,24,27). The maximum absolute atomic E-state index is 13.0. The molecule has 0 saturated carbocycles. The number of carbonyl (C=O) groups is 1. The molecule has 8 heteroatoms. The molecule has 0 aliphatic carbocycles. The van der Waals surface area contributed by atoms with E-state index >= 15 is 0 Å². The second-order valence-corrected chi connectivity index (χ2v) is 9.80. The smallest absolute Gasteiger partial charge is 0.251 e. The Morgan fingerprint density at radius 2 is 1.77 bits per heavy atom. The summed E-state index contributed by atoms with van der Waals surface area (Å²) in [6.45, 7) is 1.50. The molecular formula is C23H31N3O4S.